The topological polar surface area (TPSA) is 20.3 Å². The lowest BCUT2D eigenvalue weighted by Gasteiger charge is -2.26. The molecule has 1 amide bonds. The maximum absolute atomic E-state index is 13.0. The van der Waals surface area contributed by atoms with Gasteiger partial charge in [0.25, 0.3) is 5.91 Å². The Morgan fingerprint density at radius 1 is 0.960 bits per heavy atom. The van der Waals surface area contributed by atoms with Crippen LogP contribution in [0.3, 0.4) is 0 Å². The third-order valence-corrected chi connectivity index (χ3v) is 5.23. The first-order chi connectivity index (χ1) is 12.1. The van der Waals surface area contributed by atoms with Crippen LogP contribution in [0.4, 0.5) is 0 Å². The van der Waals surface area contributed by atoms with Crippen molar-refractivity contribution < 1.29 is 4.79 Å². The van der Waals surface area contributed by atoms with Crippen molar-refractivity contribution in [2.45, 2.75) is 12.6 Å². The molecule has 1 atom stereocenters. The standard InChI is InChI=1S/C21H15BrClNO/c22-16-5-3-4-14(12-16)13-24-20(15-8-10-17(23)11-9-15)18-6-1-2-7-19(18)21(24)25/h1-12,20H,13H2. The number of halogens is 2. The highest BCUT2D eigenvalue weighted by Gasteiger charge is 2.37. The van der Waals surface area contributed by atoms with Gasteiger partial charge in [0.2, 0.25) is 0 Å². The summed E-state index contributed by atoms with van der Waals surface area (Å²) in [7, 11) is 0. The summed E-state index contributed by atoms with van der Waals surface area (Å²) in [6, 6.07) is 23.6. The number of fused-ring (bicyclic) bond motifs is 1. The van der Waals surface area contributed by atoms with Crippen molar-refractivity contribution in [2.75, 3.05) is 0 Å². The highest BCUT2D eigenvalue weighted by atomic mass is 79.9. The molecule has 0 bridgehead atoms. The second kappa shape index (κ2) is 6.66. The third-order valence-electron chi connectivity index (χ3n) is 4.49. The van der Waals surface area contributed by atoms with Gasteiger partial charge >= 0.3 is 0 Å². The van der Waals surface area contributed by atoms with Crippen molar-refractivity contribution in [3.8, 4) is 0 Å². The molecule has 0 saturated heterocycles. The second-order valence-corrected chi connectivity index (χ2v) is 7.46. The second-order valence-electron chi connectivity index (χ2n) is 6.10. The molecule has 1 aliphatic heterocycles. The smallest absolute Gasteiger partial charge is 0.255 e. The summed E-state index contributed by atoms with van der Waals surface area (Å²) < 4.78 is 1.01. The molecule has 1 aliphatic rings. The molecule has 25 heavy (non-hydrogen) atoms. The molecule has 0 fully saturated rings. The van der Waals surface area contributed by atoms with E-state index in [1.807, 2.05) is 71.6 Å². The van der Waals surface area contributed by atoms with E-state index >= 15 is 0 Å². The Kier molecular flexibility index (Phi) is 4.36. The number of amides is 1. The lowest BCUT2D eigenvalue weighted by atomic mass is 9.98. The van der Waals surface area contributed by atoms with Crippen LogP contribution in [0.2, 0.25) is 5.02 Å². The van der Waals surface area contributed by atoms with Crippen LogP contribution in [-0.4, -0.2) is 10.8 Å². The number of carbonyl (C=O) groups is 1. The molecule has 124 valence electrons. The summed E-state index contributed by atoms with van der Waals surface area (Å²) in [4.78, 5) is 15.0. The zero-order valence-corrected chi connectivity index (χ0v) is 15.7. The van der Waals surface area contributed by atoms with Crippen molar-refractivity contribution in [2.24, 2.45) is 0 Å². The van der Waals surface area contributed by atoms with Gasteiger partial charge in [0.15, 0.2) is 0 Å². The zero-order chi connectivity index (χ0) is 17.4. The summed E-state index contributed by atoms with van der Waals surface area (Å²) >= 11 is 9.55. The Labute approximate surface area is 160 Å². The van der Waals surface area contributed by atoms with Gasteiger partial charge in [0.05, 0.1) is 6.04 Å². The summed E-state index contributed by atoms with van der Waals surface area (Å²) in [5.41, 5.74) is 3.98. The van der Waals surface area contributed by atoms with Gasteiger partial charge in [-0.15, -0.1) is 0 Å². The molecule has 1 heterocycles. The molecule has 1 unspecified atom stereocenters. The summed E-state index contributed by atoms with van der Waals surface area (Å²) in [5.74, 6) is 0.0653. The highest BCUT2D eigenvalue weighted by molar-refractivity contribution is 9.10. The number of rotatable bonds is 3. The zero-order valence-electron chi connectivity index (χ0n) is 13.3. The normalized spacial score (nSPS) is 16.2. The van der Waals surface area contributed by atoms with Crippen LogP contribution in [0, 0.1) is 0 Å². The molecule has 4 rings (SSSR count). The van der Waals surface area contributed by atoms with Gasteiger partial charge in [-0.3, -0.25) is 4.79 Å². The monoisotopic (exact) mass is 411 g/mol. The van der Waals surface area contributed by atoms with E-state index in [1.165, 1.54) is 0 Å². The van der Waals surface area contributed by atoms with E-state index < -0.39 is 0 Å². The first kappa shape index (κ1) is 16.4. The minimum atomic E-state index is -0.0973. The maximum atomic E-state index is 13.0. The Balaban J connectivity index is 1.78. The molecule has 0 N–H and O–H groups in total. The quantitative estimate of drug-likeness (QED) is 0.528. The van der Waals surface area contributed by atoms with Gasteiger partial charge in [0, 0.05) is 21.6 Å². The largest absolute Gasteiger partial charge is 0.323 e. The average Bonchev–Trinajstić information content (AvgIpc) is 2.89. The molecular weight excluding hydrogens is 398 g/mol. The van der Waals surface area contributed by atoms with Crippen LogP contribution >= 0.6 is 27.5 Å². The third kappa shape index (κ3) is 3.10. The van der Waals surface area contributed by atoms with Crippen molar-refractivity contribution >= 4 is 33.4 Å². The minimum Gasteiger partial charge on any atom is -0.323 e. The average molecular weight is 413 g/mol. The predicted molar refractivity (Wildman–Crippen MR) is 104 cm³/mol. The first-order valence-electron chi connectivity index (χ1n) is 8.03. The van der Waals surface area contributed by atoms with Crippen molar-refractivity contribution in [1.82, 2.24) is 4.90 Å². The van der Waals surface area contributed by atoms with Crippen LogP contribution < -0.4 is 0 Å². The van der Waals surface area contributed by atoms with Crippen LogP contribution in [0.5, 0.6) is 0 Å². The summed E-state index contributed by atoms with van der Waals surface area (Å²) in [6.45, 7) is 0.556. The van der Waals surface area contributed by atoms with Gasteiger partial charge in [-0.2, -0.15) is 0 Å². The van der Waals surface area contributed by atoms with E-state index in [-0.39, 0.29) is 11.9 Å². The first-order valence-corrected chi connectivity index (χ1v) is 9.20. The van der Waals surface area contributed by atoms with Gasteiger partial charge < -0.3 is 4.90 Å². The Morgan fingerprint density at radius 3 is 2.48 bits per heavy atom. The molecule has 0 aliphatic carbocycles. The Morgan fingerprint density at radius 2 is 1.72 bits per heavy atom. The number of hydrogen-bond donors (Lipinski definition) is 0. The van der Waals surface area contributed by atoms with E-state index in [1.54, 1.807) is 0 Å². The fourth-order valence-corrected chi connectivity index (χ4v) is 3.94. The molecule has 2 nitrogen and oxygen atoms in total. The van der Waals surface area contributed by atoms with Gasteiger partial charge in [-0.05, 0) is 47.0 Å². The SMILES string of the molecule is O=C1c2ccccc2C(c2ccc(Cl)cc2)N1Cc1cccc(Br)c1. The highest BCUT2D eigenvalue weighted by Crippen LogP contribution is 2.39. The van der Waals surface area contributed by atoms with Crippen molar-refractivity contribution in [3.63, 3.8) is 0 Å². The molecular formula is C21H15BrClNO. The summed E-state index contributed by atoms with van der Waals surface area (Å²) in [6.07, 6.45) is 0. The van der Waals surface area contributed by atoms with Crippen LogP contribution in [0.15, 0.2) is 77.3 Å². The number of benzene rings is 3. The predicted octanol–water partition coefficient (Wildman–Crippen LogP) is 5.85. The molecule has 0 radical (unpaired) electrons. The minimum absolute atomic E-state index is 0.0653. The Hall–Kier alpha value is -2.10. The molecule has 3 aromatic rings. The van der Waals surface area contributed by atoms with Gasteiger partial charge in [-0.1, -0.05) is 70.0 Å². The molecule has 0 saturated carbocycles. The lowest BCUT2D eigenvalue weighted by Crippen LogP contribution is -2.28. The maximum Gasteiger partial charge on any atom is 0.255 e. The van der Waals surface area contributed by atoms with E-state index in [2.05, 4.69) is 22.0 Å². The van der Waals surface area contributed by atoms with E-state index in [9.17, 15) is 4.79 Å². The fraction of sp³-hybridized carbons (Fsp3) is 0.0952. The van der Waals surface area contributed by atoms with E-state index in [0.717, 1.165) is 26.7 Å². The summed E-state index contributed by atoms with van der Waals surface area (Å²) in [5, 5.41) is 0.694. The van der Waals surface area contributed by atoms with Crippen molar-refractivity contribution in [3.05, 3.63) is 105 Å². The van der Waals surface area contributed by atoms with Gasteiger partial charge in [-0.25, -0.2) is 0 Å². The number of hydrogen-bond acceptors (Lipinski definition) is 1. The van der Waals surface area contributed by atoms with E-state index in [4.69, 9.17) is 11.6 Å². The van der Waals surface area contributed by atoms with Crippen LogP contribution in [0.1, 0.15) is 33.1 Å². The fourth-order valence-electron chi connectivity index (χ4n) is 3.37. The number of nitrogens with zero attached hydrogens (tertiary/aromatic N) is 1. The van der Waals surface area contributed by atoms with Gasteiger partial charge in [0.1, 0.15) is 0 Å². The molecule has 4 heteroatoms. The molecule has 3 aromatic carbocycles. The lowest BCUT2D eigenvalue weighted by molar-refractivity contribution is 0.0736. The van der Waals surface area contributed by atoms with E-state index in [0.29, 0.717) is 11.6 Å². The van der Waals surface area contributed by atoms with Crippen molar-refractivity contribution in [1.29, 1.82) is 0 Å². The number of carbonyl (C=O) groups excluding carboxylic acids is 1. The van der Waals surface area contributed by atoms with Crippen LogP contribution in [-0.2, 0) is 6.54 Å². The molecule has 0 spiro atoms. The van der Waals surface area contributed by atoms with Crippen LogP contribution in [0.25, 0.3) is 0 Å². The Bertz CT molecular complexity index is 939. The molecule has 0 aromatic heterocycles.